The van der Waals surface area contributed by atoms with Crippen molar-refractivity contribution in [3.8, 4) is 16.9 Å². The average molecular weight is 636 g/mol. The summed E-state index contributed by atoms with van der Waals surface area (Å²) >= 11 is 4.52. The Balaban J connectivity index is 2.11. The van der Waals surface area contributed by atoms with E-state index in [1.165, 1.54) is 24.3 Å². The normalized spacial score (nSPS) is 11.0. The van der Waals surface area contributed by atoms with Crippen LogP contribution in [-0.2, 0) is 16.0 Å². The van der Waals surface area contributed by atoms with Crippen LogP contribution in [0.5, 0.6) is 5.75 Å². The van der Waals surface area contributed by atoms with Gasteiger partial charge in [0.2, 0.25) is 0 Å². The molecule has 0 saturated heterocycles. The highest BCUT2D eigenvalue weighted by molar-refractivity contribution is 7.90. The number of methoxy groups -OCH3 is 1. The highest BCUT2D eigenvalue weighted by Gasteiger charge is 2.25. The van der Waals surface area contributed by atoms with Crippen LogP contribution in [-0.4, -0.2) is 51.8 Å². The number of carbonyl (C=O) groups is 4. The number of benzene rings is 2. The van der Waals surface area contributed by atoms with E-state index in [0.29, 0.717) is 21.7 Å². The smallest absolute Gasteiger partial charge is 0.407 e. The molecule has 0 bridgehead atoms. The van der Waals surface area contributed by atoms with E-state index in [4.69, 9.17) is 9.47 Å². The van der Waals surface area contributed by atoms with Gasteiger partial charge in [-0.15, -0.1) is 12.6 Å². The Kier molecular flexibility index (Phi) is 10.7. The Hall–Kier alpha value is -4.84. The molecule has 1 aromatic heterocycles. The Labute approximate surface area is 267 Å². The number of phenolic OH excluding ortho intramolecular Hbond substituents is 1. The number of allylic oxidation sites excluding steroid dienone is 1. The number of hydrogen-bond acceptors (Lipinski definition) is 9. The molecule has 0 atom stereocenters. The maximum atomic E-state index is 14.0. The van der Waals surface area contributed by atoms with Gasteiger partial charge in [0.05, 0.1) is 7.11 Å². The fraction of sp³-hybridized carbons (Fsp3) is 0.303. The molecule has 0 spiro atoms. The molecule has 0 aliphatic heterocycles. The molecule has 0 aliphatic rings. The number of carboxylic acids is 1. The number of hydrogen-bond donors (Lipinski definition) is 5. The topological polar surface area (TPSA) is 164 Å². The van der Waals surface area contributed by atoms with Crippen molar-refractivity contribution in [1.29, 1.82) is 0 Å². The highest BCUT2D eigenvalue weighted by Crippen LogP contribution is 2.38. The van der Waals surface area contributed by atoms with Crippen molar-refractivity contribution in [3.05, 3.63) is 81.2 Å². The lowest BCUT2D eigenvalue weighted by Gasteiger charge is -2.20. The number of nitrogens with one attached hydrogen (secondary N) is 2. The summed E-state index contributed by atoms with van der Waals surface area (Å²) in [6.45, 7) is 12.7. The third-order valence-electron chi connectivity index (χ3n) is 6.56. The Morgan fingerprint density at radius 2 is 1.58 bits per heavy atom. The number of aromatic carboxylic acids is 1. The molecule has 0 radical (unpaired) electrons. The molecule has 2 amide bonds. The van der Waals surface area contributed by atoms with E-state index in [1.54, 1.807) is 34.6 Å². The molecule has 1 heterocycles. The van der Waals surface area contributed by atoms with Crippen LogP contribution in [0.4, 0.5) is 10.5 Å². The molecule has 11 nitrogen and oxygen atoms in total. The van der Waals surface area contributed by atoms with Crippen molar-refractivity contribution in [1.82, 2.24) is 10.3 Å². The van der Waals surface area contributed by atoms with E-state index >= 15 is 0 Å². The van der Waals surface area contributed by atoms with Crippen LogP contribution in [0.1, 0.15) is 88.2 Å². The monoisotopic (exact) mass is 635 g/mol. The second-order valence-corrected chi connectivity index (χ2v) is 12.0. The van der Waals surface area contributed by atoms with Crippen LogP contribution in [0.15, 0.2) is 42.0 Å². The van der Waals surface area contributed by atoms with Crippen LogP contribution in [0, 0.1) is 13.8 Å². The first-order valence-corrected chi connectivity index (χ1v) is 14.3. The molecule has 0 aliphatic carbocycles. The minimum absolute atomic E-state index is 0.0556. The number of anilines is 1. The number of esters is 1. The lowest BCUT2D eigenvalue weighted by molar-refractivity contribution is 0.0521. The van der Waals surface area contributed by atoms with E-state index < -0.39 is 35.2 Å². The first-order valence-electron chi connectivity index (χ1n) is 13.9. The van der Waals surface area contributed by atoms with E-state index in [9.17, 15) is 29.4 Å². The van der Waals surface area contributed by atoms with Gasteiger partial charge in [-0.2, -0.15) is 0 Å². The molecule has 4 N–H and O–H groups in total. The van der Waals surface area contributed by atoms with Crippen molar-refractivity contribution in [2.24, 2.45) is 0 Å². The predicted molar refractivity (Wildman–Crippen MR) is 174 cm³/mol. The number of amides is 2. The Morgan fingerprint density at radius 3 is 2.11 bits per heavy atom. The molecule has 0 fully saturated rings. The summed E-state index contributed by atoms with van der Waals surface area (Å²) < 4.78 is 10.1. The van der Waals surface area contributed by atoms with Crippen molar-refractivity contribution in [2.45, 2.75) is 60.6 Å². The van der Waals surface area contributed by atoms with E-state index in [1.807, 2.05) is 26.0 Å². The van der Waals surface area contributed by atoms with E-state index in [-0.39, 0.29) is 40.2 Å². The lowest BCUT2D eigenvalue weighted by Crippen LogP contribution is -2.32. The maximum absolute atomic E-state index is 14.0. The number of alkyl carbamates (subject to hydrolysis) is 1. The summed E-state index contributed by atoms with van der Waals surface area (Å²) in [6.07, 6.45) is -0.553. The van der Waals surface area contributed by atoms with Gasteiger partial charge < -0.3 is 30.3 Å². The number of rotatable bonds is 8. The van der Waals surface area contributed by atoms with Gasteiger partial charge in [-0.25, -0.2) is 19.4 Å². The molecule has 12 heteroatoms. The lowest BCUT2D eigenvalue weighted by atomic mass is 9.93. The third kappa shape index (κ3) is 8.42. The summed E-state index contributed by atoms with van der Waals surface area (Å²) in [5.41, 5.74) is 2.65. The number of ether oxygens (including phenoxy) is 2. The van der Waals surface area contributed by atoms with E-state index in [0.717, 1.165) is 18.2 Å². The van der Waals surface area contributed by atoms with E-state index in [2.05, 4.69) is 28.2 Å². The summed E-state index contributed by atoms with van der Waals surface area (Å²) in [5, 5.41) is 26.1. The van der Waals surface area contributed by atoms with Crippen LogP contribution in [0.2, 0.25) is 0 Å². The number of carboxylic acid groups (broad SMARTS) is 1. The first kappa shape index (κ1) is 34.6. The second-order valence-electron chi connectivity index (χ2n) is 11.6. The zero-order chi connectivity index (χ0) is 33.8. The summed E-state index contributed by atoms with van der Waals surface area (Å²) in [6, 6.07) is 8.92. The van der Waals surface area contributed by atoms with Crippen molar-refractivity contribution in [3.63, 3.8) is 0 Å². The third-order valence-corrected chi connectivity index (χ3v) is 7.25. The van der Waals surface area contributed by atoms with Gasteiger partial charge in [0, 0.05) is 39.4 Å². The standard InChI is InChI=1S/C33H37N3O8S/c1-16(2)28(45)23-13-22(21(14-25(23)37)20-9-10-24(30(39)40)35-27(20)31(41)43-8)29(38)36-26-17(3)11-19(12-18(26)4)15-34-32(42)44-33(5,6)7/h9-14,37,45H,15H2,1-8H3,(H,34,42)(H,36,38)(H,39,40). The molecular formula is C33H37N3O8S. The van der Waals surface area contributed by atoms with Gasteiger partial charge >= 0.3 is 18.0 Å². The van der Waals surface area contributed by atoms with Crippen molar-refractivity contribution in [2.75, 3.05) is 12.4 Å². The zero-order valence-electron chi connectivity index (χ0n) is 26.4. The summed E-state index contributed by atoms with van der Waals surface area (Å²) in [4.78, 5) is 54.8. The number of phenols is 1. The number of nitrogens with zero attached hydrogens (tertiary/aromatic N) is 1. The van der Waals surface area contributed by atoms with Crippen LogP contribution in [0.3, 0.4) is 0 Å². The van der Waals surface area contributed by atoms with Crippen molar-refractivity contribution < 1.29 is 38.9 Å². The van der Waals surface area contributed by atoms with Gasteiger partial charge in [0.1, 0.15) is 17.0 Å². The number of thiol groups is 1. The maximum Gasteiger partial charge on any atom is 0.407 e. The largest absolute Gasteiger partial charge is 0.507 e. The quantitative estimate of drug-likeness (QED) is 0.137. The summed E-state index contributed by atoms with van der Waals surface area (Å²) in [5.74, 6) is -3.09. The predicted octanol–water partition coefficient (Wildman–Crippen LogP) is 6.51. The molecule has 3 aromatic rings. The number of aryl methyl sites for hydroxylation is 2. The zero-order valence-corrected chi connectivity index (χ0v) is 27.3. The van der Waals surface area contributed by atoms with Gasteiger partial charge in [-0.05, 0) is 89.4 Å². The highest BCUT2D eigenvalue weighted by atomic mass is 32.1. The molecule has 3 rings (SSSR count). The molecule has 2 aromatic carbocycles. The fourth-order valence-corrected chi connectivity index (χ4v) is 4.71. The molecule has 45 heavy (non-hydrogen) atoms. The van der Waals surface area contributed by atoms with Gasteiger partial charge in [-0.3, -0.25) is 4.79 Å². The SMILES string of the molecule is COC(=O)c1nc(C(=O)O)ccc1-c1cc(O)c(C(S)=C(C)C)cc1C(=O)Nc1c(C)cc(CNC(=O)OC(C)(C)C)cc1C. The van der Waals surface area contributed by atoms with Gasteiger partial charge in [0.15, 0.2) is 5.69 Å². The molecular weight excluding hydrogens is 598 g/mol. The number of aromatic nitrogens is 1. The average Bonchev–Trinajstić information content (AvgIpc) is 2.95. The fourth-order valence-electron chi connectivity index (χ4n) is 4.53. The Bertz CT molecular complexity index is 1700. The van der Waals surface area contributed by atoms with Crippen LogP contribution in [0.25, 0.3) is 16.0 Å². The van der Waals surface area contributed by atoms with Crippen LogP contribution < -0.4 is 10.6 Å². The first-order chi connectivity index (χ1) is 20.9. The summed E-state index contributed by atoms with van der Waals surface area (Å²) in [7, 11) is 1.12. The number of pyridine rings is 1. The molecule has 238 valence electrons. The number of carbonyl (C=O) groups excluding carboxylic acids is 3. The molecule has 0 saturated carbocycles. The molecule has 0 unspecified atom stereocenters. The van der Waals surface area contributed by atoms with Crippen molar-refractivity contribution >= 4 is 47.2 Å². The van der Waals surface area contributed by atoms with Gasteiger partial charge in [0.25, 0.3) is 5.91 Å². The Morgan fingerprint density at radius 1 is 0.956 bits per heavy atom. The van der Waals surface area contributed by atoms with Gasteiger partial charge in [-0.1, -0.05) is 17.7 Å². The second kappa shape index (κ2) is 13.9. The van der Waals surface area contributed by atoms with Crippen LogP contribution >= 0.6 is 12.6 Å². The minimum Gasteiger partial charge on any atom is -0.507 e. The number of aromatic hydroxyl groups is 1. The minimum atomic E-state index is -1.36.